The largest absolute Gasteiger partial charge is 0.508 e. The molecule has 0 aliphatic carbocycles. The van der Waals surface area contributed by atoms with E-state index in [1.165, 1.54) is 5.56 Å². The van der Waals surface area contributed by atoms with E-state index < -0.39 is 0 Å². The Morgan fingerprint density at radius 3 is 2.30 bits per heavy atom. The fraction of sp³-hybridized carbons (Fsp3) is 0.647. The highest BCUT2D eigenvalue weighted by molar-refractivity contribution is 5.37. The van der Waals surface area contributed by atoms with E-state index in [-0.39, 0.29) is 5.54 Å². The van der Waals surface area contributed by atoms with Gasteiger partial charge in [0, 0.05) is 12.1 Å². The molecule has 0 bridgehead atoms. The molecule has 0 saturated heterocycles. The summed E-state index contributed by atoms with van der Waals surface area (Å²) in [7, 11) is 0. The van der Waals surface area contributed by atoms with Crippen molar-refractivity contribution in [2.45, 2.75) is 52.5 Å². The van der Waals surface area contributed by atoms with Crippen molar-refractivity contribution in [3.63, 3.8) is 0 Å². The molecule has 1 aromatic carbocycles. The number of phenolic OH excluding ortho intramolecular Hbond substituents is 1. The molecule has 0 aliphatic heterocycles. The molecule has 0 radical (unpaired) electrons. The zero-order valence-corrected chi connectivity index (χ0v) is 13.4. The Bertz CT molecular complexity index is 413. The van der Waals surface area contributed by atoms with E-state index in [1.807, 2.05) is 6.07 Å². The van der Waals surface area contributed by atoms with Crippen LogP contribution in [0.15, 0.2) is 18.2 Å². The predicted molar refractivity (Wildman–Crippen MR) is 86.2 cm³/mol. The van der Waals surface area contributed by atoms with Gasteiger partial charge in [-0.25, -0.2) is 0 Å². The molecule has 3 nitrogen and oxygen atoms in total. The molecule has 0 saturated carbocycles. The van der Waals surface area contributed by atoms with Crippen molar-refractivity contribution in [1.29, 1.82) is 0 Å². The van der Waals surface area contributed by atoms with Crippen LogP contribution in [-0.4, -0.2) is 35.2 Å². The van der Waals surface area contributed by atoms with Gasteiger partial charge in [-0.15, -0.1) is 0 Å². The van der Waals surface area contributed by atoms with E-state index in [9.17, 15) is 5.11 Å². The minimum atomic E-state index is -0.0999. The molecule has 0 spiro atoms. The standard InChI is InChI=1S/C17H30N2O/c1-5-9-19(10-6-2)17(4,13-18)12-15-11-14(3)7-8-16(15)20/h7-8,11,20H,5-6,9-10,12-13,18H2,1-4H3. The van der Waals surface area contributed by atoms with Crippen LogP contribution in [0.1, 0.15) is 44.7 Å². The van der Waals surface area contributed by atoms with Gasteiger partial charge < -0.3 is 10.8 Å². The third-order valence-corrected chi connectivity index (χ3v) is 4.00. The molecule has 3 heteroatoms. The number of hydrogen-bond acceptors (Lipinski definition) is 3. The highest BCUT2D eigenvalue weighted by atomic mass is 16.3. The molecule has 1 rings (SSSR count). The number of phenols is 1. The van der Waals surface area contributed by atoms with Crippen LogP contribution in [0, 0.1) is 6.92 Å². The van der Waals surface area contributed by atoms with Crippen LogP contribution in [0.5, 0.6) is 5.75 Å². The van der Waals surface area contributed by atoms with Crippen molar-refractivity contribution in [1.82, 2.24) is 4.90 Å². The Morgan fingerprint density at radius 2 is 1.80 bits per heavy atom. The summed E-state index contributed by atoms with van der Waals surface area (Å²) in [5.41, 5.74) is 8.15. The first-order chi connectivity index (χ1) is 9.46. The van der Waals surface area contributed by atoms with Crippen LogP contribution < -0.4 is 5.73 Å². The molecule has 0 amide bonds. The Morgan fingerprint density at radius 1 is 1.20 bits per heavy atom. The lowest BCUT2D eigenvalue weighted by molar-refractivity contribution is 0.109. The Labute approximate surface area is 123 Å². The lowest BCUT2D eigenvalue weighted by Gasteiger charge is -2.41. The fourth-order valence-corrected chi connectivity index (χ4v) is 2.77. The van der Waals surface area contributed by atoms with Crippen LogP contribution in [0.4, 0.5) is 0 Å². The maximum absolute atomic E-state index is 10.1. The molecule has 114 valence electrons. The second-order valence-electron chi connectivity index (χ2n) is 6.00. The Balaban J connectivity index is 2.99. The minimum Gasteiger partial charge on any atom is -0.508 e. The van der Waals surface area contributed by atoms with E-state index >= 15 is 0 Å². The lowest BCUT2D eigenvalue weighted by atomic mass is 9.89. The molecule has 1 atom stereocenters. The summed E-state index contributed by atoms with van der Waals surface area (Å²) in [4.78, 5) is 2.47. The van der Waals surface area contributed by atoms with Crippen LogP contribution in [0.2, 0.25) is 0 Å². The number of aromatic hydroxyl groups is 1. The Kier molecular flexibility index (Phi) is 6.50. The number of nitrogens with two attached hydrogens (primary N) is 1. The monoisotopic (exact) mass is 278 g/mol. The zero-order chi connectivity index (χ0) is 15.2. The SMILES string of the molecule is CCCN(CCC)C(C)(CN)Cc1cc(C)ccc1O. The van der Waals surface area contributed by atoms with Crippen molar-refractivity contribution in [3.8, 4) is 5.75 Å². The average Bonchev–Trinajstić information content (AvgIpc) is 2.42. The van der Waals surface area contributed by atoms with Crippen LogP contribution >= 0.6 is 0 Å². The lowest BCUT2D eigenvalue weighted by Crippen LogP contribution is -2.53. The van der Waals surface area contributed by atoms with E-state index in [0.29, 0.717) is 12.3 Å². The molecule has 0 heterocycles. The summed E-state index contributed by atoms with van der Waals surface area (Å²) in [5, 5.41) is 10.1. The van der Waals surface area contributed by atoms with Gasteiger partial charge in [0.25, 0.3) is 0 Å². The molecular formula is C17H30N2O. The molecule has 1 aromatic rings. The minimum absolute atomic E-state index is 0.0999. The number of benzene rings is 1. The summed E-state index contributed by atoms with van der Waals surface area (Å²) in [6.07, 6.45) is 3.03. The maximum atomic E-state index is 10.1. The van der Waals surface area contributed by atoms with Gasteiger partial charge in [0.05, 0.1) is 0 Å². The van der Waals surface area contributed by atoms with Gasteiger partial charge in [0.2, 0.25) is 0 Å². The average molecular weight is 278 g/mol. The van der Waals surface area contributed by atoms with Crippen molar-refractivity contribution in [3.05, 3.63) is 29.3 Å². The fourth-order valence-electron chi connectivity index (χ4n) is 2.77. The first kappa shape index (κ1) is 17.0. The first-order valence-corrected chi connectivity index (χ1v) is 7.70. The van der Waals surface area contributed by atoms with Crippen molar-refractivity contribution < 1.29 is 5.11 Å². The van der Waals surface area contributed by atoms with Gasteiger partial charge in [-0.05, 0) is 57.8 Å². The summed E-state index contributed by atoms with van der Waals surface area (Å²) >= 11 is 0. The first-order valence-electron chi connectivity index (χ1n) is 7.70. The van der Waals surface area contributed by atoms with Crippen LogP contribution in [-0.2, 0) is 6.42 Å². The van der Waals surface area contributed by atoms with Gasteiger partial charge in [-0.2, -0.15) is 0 Å². The molecule has 0 aliphatic rings. The number of nitrogens with zero attached hydrogens (tertiary/aromatic N) is 1. The molecule has 1 unspecified atom stereocenters. The molecule has 20 heavy (non-hydrogen) atoms. The molecule has 0 aromatic heterocycles. The van der Waals surface area contributed by atoms with Crippen LogP contribution in [0.3, 0.4) is 0 Å². The quantitative estimate of drug-likeness (QED) is 0.768. The van der Waals surface area contributed by atoms with Crippen LogP contribution in [0.25, 0.3) is 0 Å². The Hall–Kier alpha value is -1.06. The second kappa shape index (κ2) is 7.65. The summed E-state index contributed by atoms with van der Waals surface area (Å²) in [6.45, 7) is 11.4. The summed E-state index contributed by atoms with van der Waals surface area (Å²) < 4.78 is 0. The van der Waals surface area contributed by atoms with E-state index in [4.69, 9.17) is 5.73 Å². The van der Waals surface area contributed by atoms with Gasteiger partial charge in [0.15, 0.2) is 0 Å². The number of aryl methyl sites for hydroxylation is 1. The molecular weight excluding hydrogens is 248 g/mol. The number of rotatable bonds is 8. The van der Waals surface area contributed by atoms with Crippen molar-refractivity contribution in [2.24, 2.45) is 5.73 Å². The second-order valence-corrected chi connectivity index (χ2v) is 6.00. The topological polar surface area (TPSA) is 49.5 Å². The van der Waals surface area contributed by atoms with Gasteiger partial charge in [0.1, 0.15) is 5.75 Å². The van der Waals surface area contributed by atoms with E-state index in [1.54, 1.807) is 6.07 Å². The highest BCUT2D eigenvalue weighted by Gasteiger charge is 2.30. The smallest absolute Gasteiger partial charge is 0.118 e. The molecule has 3 N–H and O–H groups in total. The van der Waals surface area contributed by atoms with Crippen molar-refractivity contribution >= 4 is 0 Å². The molecule has 0 fully saturated rings. The van der Waals surface area contributed by atoms with Gasteiger partial charge >= 0.3 is 0 Å². The zero-order valence-electron chi connectivity index (χ0n) is 13.4. The van der Waals surface area contributed by atoms with Gasteiger partial charge in [-0.3, -0.25) is 4.90 Å². The number of hydrogen-bond donors (Lipinski definition) is 2. The van der Waals surface area contributed by atoms with Crippen molar-refractivity contribution in [2.75, 3.05) is 19.6 Å². The highest BCUT2D eigenvalue weighted by Crippen LogP contribution is 2.27. The normalized spacial score (nSPS) is 14.5. The van der Waals surface area contributed by atoms with E-state index in [0.717, 1.165) is 37.9 Å². The summed E-state index contributed by atoms with van der Waals surface area (Å²) in [5.74, 6) is 0.378. The third kappa shape index (κ3) is 4.22. The summed E-state index contributed by atoms with van der Waals surface area (Å²) in [6, 6.07) is 5.79. The third-order valence-electron chi connectivity index (χ3n) is 4.00. The predicted octanol–water partition coefficient (Wildman–Crippen LogP) is 3.08. The van der Waals surface area contributed by atoms with E-state index in [2.05, 4.69) is 38.7 Å². The maximum Gasteiger partial charge on any atom is 0.118 e. The van der Waals surface area contributed by atoms with Gasteiger partial charge in [-0.1, -0.05) is 31.5 Å².